The largest absolute Gasteiger partial charge is 0.466 e. The van der Waals surface area contributed by atoms with Gasteiger partial charge in [0, 0.05) is 54.8 Å². The second kappa shape index (κ2) is 40.4. The van der Waals surface area contributed by atoms with E-state index in [0.717, 1.165) is 24.6 Å². The predicted octanol–water partition coefficient (Wildman–Crippen LogP) is 8.79. The fraction of sp³-hybridized carbons (Fsp3) is 0.480. The molecule has 0 aliphatic carbocycles. The van der Waals surface area contributed by atoms with Gasteiger partial charge in [-0.15, -0.1) is 23.4 Å². The lowest BCUT2D eigenvalue weighted by Crippen LogP contribution is -2.43. The Labute approximate surface area is 409 Å². The molecule has 0 heterocycles. The van der Waals surface area contributed by atoms with Gasteiger partial charge in [0.2, 0.25) is 0 Å². The molecule has 0 N–H and O–H groups in total. The second-order valence-corrected chi connectivity index (χ2v) is 16.6. The molecule has 0 aliphatic heterocycles. The highest BCUT2D eigenvalue weighted by molar-refractivity contribution is 8.00. The highest BCUT2D eigenvalue weighted by atomic mass is 35.5. The van der Waals surface area contributed by atoms with E-state index in [-0.39, 0.29) is 38.0 Å². The van der Waals surface area contributed by atoms with E-state index in [0.29, 0.717) is 42.9 Å². The normalized spacial score (nSPS) is 13.2. The van der Waals surface area contributed by atoms with E-state index in [9.17, 15) is 48.5 Å². The van der Waals surface area contributed by atoms with Gasteiger partial charge in [0.25, 0.3) is 5.69 Å². The van der Waals surface area contributed by atoms with Crippen LogP contribution in [0.5, 0.6) is 0 Å². The molecule has 0 spiro atoms. The van der Waals surface area contributed by atoms with Crippen molar-refractivity contribution in [2.75, 3.05) is 26.4 Å². The zero-order valence-electron chi connectivity index (χ0n) is 40.4. The van der Waals surface area contributed by atoms with Crippen molar-refractivity contribution in [3.05, 3.63) is 106 Å². The van der Waals surface area contributed by atoms with E-state index in [4.69, 9.17) is 30.5 Å². The summed E-state index contributed by atoms with van der Waals surface area (Å²) in [6.07, 6.45) is 3.89. The van der Waals surface area contributed by atoms with Crippen molar-refractivity contribution < 1.29 is 67.0 Å². The molecule has 3 aromatic carbocycles. The summed E-state index contributed by atoms with van der Waals surface area (Å²) in [5.74, 6) is -3.83. The summed E-state index contributed by atoms with van der Waals surface area (Å²) < 4.78 is 24.8. The molecule has 7 atom stereocenters. The van der Waals surface area contributed by atoms with Gasteiger partial charge in [-0.3, -0.25) is 29.3 Å². The standard InChI is InChI=1S/C14H24O7.C12H16O.C10H12OS.C9H8ClNO3.C5H8O3/c1-5-18-12(16)10(9-15)11(13(17)19-6-2)14(20-7-3)21-8-4;1-10(9-13)8-11(2)12-6-4-3-5-7-12;1-9(7-8-11)12-10-5-3-2-4-6-10;10-8(6-12)5-7-1-3-9(4-2-7)11(13)14;1-4(3-6)8-5(2)7/h9-11,14H,5-8H2,1-4H3;3-7,9-11H,8H2,1-2H3;2-6,8-9H,7H2,1H3;1-4,6,8H,5H2;3-4H,1-2H3. The first-order valence-corrected chi connectivity index (χ1v) is 23.4. The Kier molecular flexibility index (Phi) is 38.3. The Balaban J connectivity index is 0. The summed E-state index contributed by atoms with van der Waals surface area (Å²) in [5, 5.41) is 10.1. The molecular formula is C50H68ClNO15S. The summed E-state index contributed by atoms with van der Waals surface area (Å²) in [6.45, 7) is 16.4. The first-order valence-electron chi connectivity index (χ1n) is 22.1. The molecule has 3 rings (SSSR count). The van der Waals surface area contributed by atoms with Crippen LogP contribution in [0.4, 0.5) is 5.69 Å². The lowest BCUT2D eigenvalue weighted by molar-refractivity contribution is -0.384. The first-order chi connectivity index (χ1) is 32.4. The summed E-state index contributed by atoms with van der Waals surface area (Å²) >= 11 is 7.34. The van der Waals surface area contributed by atoms with E-state index >= 15 is 0 Å². The maximum absolute atomic E-state index is 12.1. The van der Waals surface area contributed by atoms with Crippen molar-refractivity contribution in [3.8, 4) is 0 Å². The molecule has 0 bridgehead atoms. The van der Waals surface area contributed by atoms with Gasteiger partial charge < -0.3 is 42.9 Å². The van der Waals surface area contributed by atoms with E-state index in [1.54, 1.807) is 51.6 Å². The summed E-state index contributed by atoms with van der Waals surface area (Å²) in [4.78, 5) is 97.0. The number of carbonyl (C=O) groups excluding carboxylic acids is 8. The van der Waals surface area contributed by atoms with E-state index in [1.807, 2.05) is 43.3 Å². The summed E-state index contributed by atoms with van der Waals surface area (Å²) in [7, 11) is 0. The van der Waals surface area contributed by atoms with Gasteiger partial charge in [0.05, 0.1) is 23.5 Å². The topological polar surface area (TPSA) is 226 Å². The zero-order chi connectivity index (χ0) is 51.9. The molecule has 0 aromatic heterocycles. The van der Waals surface area contributed by atoms with Crippen LogP contribution in [0.15, 0.2) is 89.8 Å². The third-order valence-electron chi connectivity index (χ3n) is 8.71. The highest BCUT2D eigenvalue weighted by Crippen LogP contribution is 2.25. The van der Waals surface area contributed by atoms with Crippen LogP contribution in [0.2, 0.25) is 0 Å². The van der Waals surface area contributed by atoms with Crippen LogP contribution in [0.25, 0.3) is 0 Å². The van der Waals surface area contributed by atoms with Crippen molar-refractivity contribution in [3.63, 3.8) is 0 Å². The van der Waals surface area contributed by atoms with Crippen molar-refractivity contribution in [1.82, 2.24) is 0 Å². The smallest absolute Gasteiger partial charge is 0.317 e. The number of thioether (sulfide) groups is 1. The molecule has 68 heavy (non-hydrogen) atoms. The van der Waals surface area contributed by atoms with Gasteiger partial charge in [-0.1, -0.05) is 81.4 Å². The second-order valence-electron chi connectivity index (χ2n) is 14.5. The van der Waals surface area contributed by atoms with Crippen LogP contribution in [-0.4, -0.2) is 104 Å². The minimum absolute atomic E-state index is 0.0333. The third kappa shape index (κ3) is 30.6. The molecule has 0 saturated heterocycles. The number of nitro groups is 1. The Morgan fingerprint density at radius 2 is 1.24 bits per heavy atom. The van der Waals surface area contributed by atoms with Gasteiger partial charge in [-0.05, 0) is 76.6 Å². The average Bonchev–Trinajstić information content (AvgIpc) is 3.32. The monoisotopic (exact) mass is 989 g/mol. The number of hydrogen-bond donors (Lipinski definition) is 0. The van der Waals surface area contributed by atoms with Gasteiger partial charge in [-0.2, -0.15) is 0 Å². The molecular weight excluding hydrogens is 922 g/mol. The van der Waals surface area contributed by atoms with E-state index in [1.165, 1.54) is 36.4 Å². The van der Waals surface area contributed by atoms with Crippen LogP contribution in [0, 0.1) is 27.9 Å². The molecule has 0 amide bonds. The minimum Gasteiger partial charge on any atom is -0.466 e. The molecule has 3 aromatic rings. The molecule has 0 radical (unpaired) electrons. The lowest BCUT2D eigenvalue weighted by atomic mass is 9.92. The van der Waals surface area contributed by atoms with Crippen LogP contribution in [-0.2, 0) is 68.5 Å². The van der Waals surface area contributed by atoms with Gasteiger partial charge in [0.1, 0.15) is 37.0 Å². The van der Waals surface area contributed by atoms with Crippen molar-refractivity contribution >= 4 is 78.4 Å². The number of rotatable bonds is 25. The van der Waals surface area contributed by atoms with Gasteiger partial charge in [0.15, 0.2) is 18.7 Å². The molecule has 16 nitrogen and oxygen atoms in total. The van der Waals surface area contributed by atoms with Gasteiger partial charge >= 0.3 is 17.9 Å². The Bertz CT molecular complexity index is 1870. The first kappa shape index (κ1) is 64.5. The summed E-state index contributed by atoms with van der Waals surface area (Å²) in [5.41, 5.74) is 2.16. The number of nitrogens with zero attached hydrogens (tertiary/aromatic N) is 1. The fourth-order valence-electron chi connectivity index (χ4n) is 5.54. The number of aldehydes is 5. The van der Waals surface area contributed by atoms with Crippen molar-refractivity contribution in [2.45, 2.75) is 115 Å². The molecule has 18 heteroatoms. The molecule has 0 saturated carbocycles. The van der Waals surface area contributed by atoms with Crippen LogP contribution < -0.4 is 0 Å². The minimum atomic E-state index is -1.33. The number of esters is 3. The van der Waals surface area contributed by atoms with Crippen LogP contribution in [0.1, 0.15) is 92.2 Å². The number of ether oxygens (including phenoxy) is 5. The number of nitro benzene ring substituents is 1. The van der Waals surface area contributed by atoms with Crippen LogP contribution >= 0.6 is 23.4 Å². The van der Waals surface area contributed by atoms with Crippen molar-refractivity contribution in [2.24, 2.45) is 17.8 Å². The highest BCUT2D eigenvalue weighted by Gasteiger charge is 2.43. The number of carbonyl (C=O) groups is 8. The third-order valence-corrected chi connectivity index (χ3v) is 10.1. The number of benzene rings is 3. The zero-order valence-corrected chi connectivity index (χ0v) is 42.0. The van der Waals surface area contributed by atoms with E-state index < -0.39 is 52.4 Å². The average molecular weight is 991 g/mol. The maximum atomic E-state index is 12.1. The predicted molar refractivity (Wildman–Crippen MR) is 260 cm³/mol. The maximum Gasteiger partial charge on any atom is 0.317 e. The number of halogens is 1. The van der Waals surface area contributed by atoms with E-state index in [2.05, 4.69) is 42.8 Å². The molecule has 376 valence electrons. The Hall–Kier alpha value is -5.62. The van der Waals surface area contributed by atoms with Crippen molar-refractivity contribution in [1.29, 1.82) is 0 Å². The summed E-state index contributed by atoms with van der Waals surface area (Å²) in [6, 6.07) is 26.4. The SMILES string of the molecule is CC(=O)OC(C)C=O.CC(C=O)CC(C)c1ccccc1.CC(CC=O)Sc1ccccc1.CCOC(=O)C(C=O)C(C(=O)OCC)C(OCC)OCC.O=CC(Cl)Cc1ccc([N+](=O)[O-])cc1. The quantitative estimate of drug-likeness (QED) is 0.00889. The number of non-ortho nitro benzene ring substituents is 1. The number of hydrogen-bond acceptors (Lipinski definition) is 16. The molecule has 7 unspecified atom stereocenters. The van der Waals surface area contributed by atoms with Gasteiger partial charge in [-0.25, -0.2) is 0 Å². The number of alkyl halides is 1. The lowest BCUT2D eigenvalue weighted by Gasteiger charge is -2.27. The Morgan fingerprint density at radius 1 is 0.706 bits per heavy atom. The molecule has 0 fully saturated rings. The van der Waals surface area contributed by atoms with Crippen LogP contribution in [0.3, 0.4) is 0 Å². The fourth-order valence-corrected chi connectivity index (χ4v) is 6.67. The molecule has 0 aliphatic rings. The Morgan fingerprint density at radius 3 is 1.65 bits per heavy atom.